The van der Waals surface area contributed by atoms with E-state index in [4.69, 9.17) is 4.98 Å². The van der Waals surface area contributed by atoms with Crippen molar-refractivity contribution in [1.82, 2.24) is 9.67 Å². The summed E-state index contributed by atoms with van der Waals surface area (Å²) in [6, 6.07) is 31.6. The second-order valence-corrected chi connectivity index (χ2v) is 10.8. The number of fused-ring (bicyclic) bond motifs is 1. The first-order valence-corrected chi connectivity index (χ1v) is 12.5. The van der Waals surface area contributed by atoms with Gasteiger partial charge in [0.25, 0.3) is 0 Å². The van der Waals surface area contributed by atoms with E-state index in [1.54, 1.807) is 30.3 Å². The number of hydrogen-bond donors (Lipinski definition) is 0. The number of benzene rings is 3. The minimum atomic E-state index is -3.71. The van der Waals surface area contributed by atoms with E-state index in [9.17, 15) is 8.42 Å². The molecule has 5 aromatic rings. The quantitative estimate of drug-likeness (QED) is 0.276. The molecule has 2 radical (unpaired) electrons. The zero-order valence-electron chi connectivity index (χ0n) is 17.0. The van der Waals surface area contributed by atoms with Gasteiger partial charge in [-0.15, -0.1) is 0 Å². The minimum absolute atomic E-state index is 0.255. The van der Waals surface area contributed by atoms with E-state index in [0.29, 0.717) is 11.5 Å². The predicted octanol–water partition coefficient (Wildman–Crippen LogP) is 3.56. The fourth-order valence-electron chi connectivity index (χ4n) is 3.62. The Labute approximate surface area is 196 Å². The van der Waals surface area contributed by atoms with Gasteiger partial charge in [0.2, 0.25) is 0 Å². The third kappa shape index (κ3) is 3.52. The molecule has 2 heterocycles. The van der Waals surface area contributed by atoms with Gasteiger partial charge < -0.3 is 0 Å². The Morgan fingerprint density at radius 2 is 1.41 bits per heavy atom. The van der Waals surface area contributed by atoms with Crippen LogP contribution in [0, 0.1) is 0 Å². The Bertz CT molecular complexity index is 1500. The van der Waals surface area contributed by atoms with Crippen molar-refractivity contribution in [2.75, 3.05) is 3.01 Å². The number of sulfonamides is 1. The number of pyridine rings is 1. The van der Waals surface area contributed by atoms with Crippen LogP contribution in [0.15, 0.2) is 114 Å². The molecule has 0 fully saturated rings. The number of aromatic nitrogens is 3. The summed E-state index contributed by atoms with van der Waals surface area (Å²) >= 11 is 0.991. The number of rotatable bonds is 5. The van der Waals surface area contributed by atoms with Crippen LogP contribution in [-0.4, -0.2) is 36.9 Å². The van der Waals surface area contributed by atoms with Crippen molar-refractivity contribution in [1.29, 1.82) is 0 Å². The van der Waals surface area contributed by atoms with Crippen LogP contribution < -0.4 is 7.53 Å². The molecular formula is C24H18GaN4O2S+. The van der Waals surface area contributed by atoms with Crippen molar-refractivity contribution in [2.45, 2.75) is 4.90 Å². The van der Waals surface area contributed by atoms with E-state index in [1.807, 2.05) is 88.2 Å². The molecule has 0 bridgehead atoms. The van der Waals surface area contributed by atoms with Gasteiger partial charge in [0, 0.05) is 0 Å². The van der Waals surface area contributed by atoms with Gasteiger partial charge in [0.15, 0.2) is 0 Å². The first kappa shape index (κ1) is 20.6. The standard InChI is InChI=1S/C24H18N4O2S.Ga/c29-31(30,20-13-5-2-6-14-20)26-22-16-8-7-15-21(22)24-25-23-17-9-10-18-27(23)28(24)19-11-3-1-4-12-19;/h1-18H;/q;+1. The molecule has 0 saturated carbocycles. The molecular weight excluding hydrogens is 478 g/mol. The number of para-hydroxylation sites is 2. The maximum atomic E-state index is 13.4. The van der Waals surface area contributed by atoms with Gasteiger partial charge >= 0.3 is 197 Å². The predicted molar refractivity (Wildman–Crippen MR) is 124 cm³/mol. The van der Waals surface area contributed by atoms with Gasteiger partial charge in [-0.2, -0.15) is 0 Å². The normalized spacial score (nSPS) is 11.5. The van der Waals surface area contributed by atoms with E-state index in [2.05, 4.69) is 0 Å². The number of nitrogens with zero attached hydrogens (tertiary/aromatic N) is 4. The second-order valence-electron chi connectivity index (χ2n) is 7.12. The molecule has 2 aromatic heterocycles. The summed E-state index contributed by atoms with van der Waals surface area (Å²) in [5, 5.41) is 0. The van der Waals surface area contributed by atoms with Gasteiger partial charge in [-0.05, 0) is 0 Å². The van der Waals surface area contributed by atoms with Crippen molar-refractivity contribution in [3.63, 3.8) is 0 Å². The first-order chi connectivity index (χ1) is 15.6. The summed E-state index contributed by atoms with van der Waals surface area (Å²) in [6.07, 6.45) is 1.94. The SMILES string of the molecule is O=S(=O)(c1ccccc1)[N]([Ga])c1ccccc1-c1nc2cccc[n+]2n1-c1ccccc1. The monoisotopic (exact) mass is 495 g/mol. The molecule has 6 nitrogen and oxygen atoms in total. The van der Waals surface area contributed by atoms with Crippen LogP contribution >= 0.6 is 0 Å². The number of anilines is 1. The van der Waals surface area contributed by atoms with Crippen LogP contribution in [0.4, 0.5) is 5.69 Å². The summed E-state index contributed by atoms with van der Waals surface area (Å²) in [7, 11) is -3.71. The average molecular weight is 496 g/mol. The van der Waals surface area contributed by atoms with Crippen molar-refractivity contribution in [3.05, 3.63) is 109 Å². The molecule has 0 aliphatic heterocycles. The number of hydrogen-bond acceptors (Lipinski definition) is 3. The zero-order chi connectivity index (χ0) is 22.1. The van der Waals surface area contributed by atoms with Crippen molar-refractivity contribution in [3.8, 4) is 17.1 Å². The van der Waals surface area contributed by atoms with Crippen molar-refractivity contribution in [2.24, 2.45) is 0 Å². The molecule has 0 unspecified atom stereocenters. The third-order valence-electron chi connectivity index (χ3n) is 5.14. The van der Waals surface area contributed by atoms with Crippen molar-refractivity contribution < 1.29 is 12.9 Å². The molecule has 5 rings (SSSR count). The molecule has 0 amide bonds. The summed E-state index contributed by atoms with van der Waals surface area (Å²) in [5.74, 6) is 0.656. The van der Waals surface area contributed by atoms with Crippen LogP contribution in [0.2, 0.25) is 0 Å². The Morgan fingerprint density at radius 1 is 0.781 bits per heavy atom. The van der Waals surface area contributed by atoms with Gasteiger partial charge in [-0.3, -0.25) is 0 Å². The van der Waals surface area contributed by atoms with E-state index < -0.39 is 10.0 Å². The van der Waals surface area contributed by atoms with Crippen LogP contribution in [-0.2, 0) is 10.0 Å². The van der Waals surface area contributed by atoms with Crippen LogP contribution in [0.25, 0.3) is 22.7 Å². The van der Waals surface area contributed by atoms with E-state index in [1.165, 1.54) is 3.01 Å². The maximum absolute atomic E-state index is 13.4. The molecule has 0 aliphatic rings. The third-order valence-corrected chi connectivity index (χ3v) is 9.05. The fourth-order valence-corrected chi connectivity index (χ4v) is 6.01. The second kappa shape index (κ2) is 8.31. The molecule has 0 saturated heterocycles. The van der Waals surface area contributed by atoms with E-state index in [-0.39, 0.29) is 4.90 Å². The van der Waals surface area contributed by atoms with Crippen LogP contribution in [0.1, 0.15) is 0 Å². The molecule has 154 valence electrons. The Kier molecular flexibility index (Phi) is 5.34. The van der Waals surface area contributed by atoms with Crippen molar-refractivity contribution >= 4 is 40.2 Å². The Balaban J connectivity index is 1.74. The molecule has 3 aromatic carbocycles. The zero-order valence-corrected chi connectivity index (χ0v) is 20.2. The van der Waals surface area contributed by atoms with Crippen LogP contribution in [0.5, 0.6) is 0 Å². The summed E-state index contributed by atoms with van der Waals surface area (Å²) < 4.78 is 32.0. The molecule has 0 aliphatic carbocycles. The van der Waals surface area contributed by atoms with Gasteiger partial charge in [-0.25, -0.2) is 0 Å². The Hall–Kier alpha value is -3.33. The molecule has 0 atom stereocenters. The van der Waals surface area contributed by atoms with Crippen LogP contribution in [0.3, 0.4) is 0 Å². The summed E-state index contributed by atoms with van der Waals surface area (Å²) in [4.78, 5) is 5.12. The summed E-state index contributed by atoms with van der Waals surface area (Å²) in [5.41, 5.74) is 2.99. The first-order valence-electron chi connectivity index (χ1n) is 9.97. The fraction of sp³-hybridized carbons (Fsp3) is 0. The molecule has 0 spiro atoms. The van der Waals surface area contributed by atoms with E-state index >= 15 is 0 Å². The molecule has 0 N–H and O–H groups in total. The van der Waals surface area contributed by atoms with Gasteiger partial charge in [0.1, 0.15) is 0 Å². The molecule has 8 heteroatoms. The Morgan fingerprint density at radius 3 is 2.16 bits per heavy atom. The van der Waals surface area contributed by atoms with Gasteiger partial charge in [0.05, 0.1) is 0 Å². The summed E-state index contributed by atoms with van der Waals surface area (Å²) in [6.45, 7) is 0. The topological polar surface area (TPSA) is 59.3 Å². The van der Waals surface area contributed by atoms with Gasteiger partial charge in [-0.1, -0.05) is 0 Å². The average Bonchev–Trinajstić information content (AvgIpc) is 3.24. The molecule has 32 heavy (non-hydrogen) atoms. The van der Waals surface area contributed by atoms with E-state index in [0.717, 1.165) is 35.7 Å².